The third-order valence-electron chi connectivity index (χ3n) is 3.03. The summed E-state index contributed by atoms with van der Waals surface area (Å²) in [5.41, 5.74) is 1.92. The van der Waals surface area contributed by atoms with Crippen molar-refractivity contribution in [2.45, 2.75) is 0 Å². The van der Waals surface area contributed by atoms with Gasteiger partial charge in [0.1, 0.15) is 5.01 Å². The Bertz CT molecular complexity index is 927. The van der Waals surface area contributed by atoms with Gasteiger partial charge < -0.3 is 0 Å². The minimum absolute atomic E-state index is 0.695. The van der Waals surface area contributed by atoms with E-state index in [1.165, 1.54) is 11.3 Å². The topological polar surface area (TPSA) is 68.9 Å². The van der Waals surface area contributed by atoms with Gasteiger partial charge >= 0.3 is 0 Å². The molecule has 0 bridgehead atoms. The molecule has 7 heteroatoms. The number of pyridine rings is 2. The van der Waals surface area contributed by atoms with Crippen LogP contribution in [0.3, 0.4) is 0 Å². The van der Waals surface area contributed by atoms with Crippen molar-refractivity contribution in [1.29, 1.82) is 0 Å². The van der Waals surface area contributed by atoms with Crippen LogP contribution in [0.15, 0.2) is 49.1 Å². The standard InChI is InChI=1S/C15H10N6S/c1-3-11(9-16-7-1)5-6-13-20-21-14(18-19-15(21)22-13)12-4-2-8-17-10-12/h1-10H/b6-5+. The number of nitrogens with zero attached hydrogens (tertiary/aromatic N) is 6. The smallest absolute Gasteiger partial charge is 0.235 e. The predicted octanol–water partition coefficient (Wildman–Crippen LogP) is 2.81. The molecule has 0 aliphatic carbocycles. The van der Waals surface area contributed by atoms with Gasteiger partial charge in [-0.05, 0) is 29.8 Å². The van der Waals surface area contributed by atoms with Gasteiger partial charge in [-0.1, -0.05) is 23.5 Å². The molecule has 0 spiro atoms. The molecule has 0 atom stereocenters. The van der Waals surface area contributed by atoms with Gasteiger partial charge in [-0.25, -0.2) is 0 Å². The first-order chi connectivity index (χ1) is 10.9. The van der Waals surface area contributed by atoms with Crippen molar-refractivity contribution in [3.8, 4) is 11.4 Å². The zero-order chi connectivity index (χ0) is 14.8. The lowest BCUT2D eigenvalue weighted by molar-refractivity contribution is 0.958. The van der Waals surface area contributed by atoms with E-state index < -0.39 is 0 Å². The molecule has 4 rings (SSSR count). The quantitative estimate of drug-likeness (QED) is 0.582. The minimum atomic E-state index is 0.695. The van der Waals surface area contributed by atoms with Gasteiger partial charge in [0.2, 0.25) is 4.96 Å². The lowest BCUT2D eigenvalue weighted by Crippen LogP contribution is -1.91. The van der Waals surface area contributed by atoms with E-state index in [0.717, 1.165) is 21.1 Å². The second-order valence-corrected chi connectivity index (χ2v) is 5.51. The van der Waals surface area contributed by atoms with Gasteiger partial charge in [-0.3, -0.25) is 9.97 Å². The highest BCUT2D eigenvalue weighted by atomic mass is 32.1. The molecule has 4 aromatic rings. The lowest BCUT2D eigenvalue weighted by atomic mass is 10.3. The van der Waals surface area contributed by atoms with Gasteiger partial charge in [-0.15, -0.1) is 10.2 Å². The summed E-state index contributed by atoms with van der Waals surface area (Å²) in [5, 5.41) is 13.7. The average Bonchev–Trinajstić information content (AvgIpc) is 3.15. The molecule has 4 heterocycles. The Kier molecular flexibility index (Phi) is 3.17. The van der Waals surface area contributed by atoms with Crippen molar-refractivity contribution in [3.63, 3.8) is 0 Å². The summed E-state index contributed by atoms with van der Waals surface area (Å²) < 4.78 is 1.74. The number of rotatable bonds is 3. The molecule has 0 fully saturated rings. The van der Waals surface area contributed by atoms with Gasteiger partial charge in [0.25, 0.3) is 0 Å². The number of aromatic nitrogens is 6. The first-order valence-corrected chi connectivity index (χ1v) is 7.42. The van der Waals surface area contributed by atoms with Crippen LogP contribution >= 0.6 is 11.3 Å². The van der Waals surface area contributed by atoms with Gasteiger partial charge in [0.15, 0.2) is 5.82 Å². The maximum absolute atomic E-state index is 4.54. The van der Waals surface area contributed by atoms with Crippen LogP contribution < -0.4 is 0 Å². The van der Waals surface area contributed by atoms with Crippen LogP contribution in [0.25, 0.3) is 28.5 Å². The summed E-state index contributed by atoms with van der Waals surface area (Å²) in [6, 6.07) is 7.70. The van der Waals surface area contributed by atoms with Crippen molar-refractivity contribution in [2.24, 2.45) is 0 Å². The van der Waals surface area contributed by atoms with Crippen LogP contribution in [-0.2, 0) is 0 Å². The highest BCUT2D eigenvalue weighted by molar-refractivity contribution is 7.17. The SMILES string of the molecule is C(=C\c1nn2c(-c3cccnc3)nnc2s1)/c1cccnc1. The van der Waals surface area contributed by atoms with E-state index in [0.29, 0.717) is 5.82 Å². The molecule has 6 nitrogen and oxygen atoms in total. The Balaban J connectivity index is 1.70. The lowest BCUT2D eigenvalue weighted by Gasteiger charge is -1.94. The summed E-state index contributed by atoms with van der Waals surface area (Å²) in [6.07, 6.45) is 11.0. The zero-order valence-electron chi connectivity index (χ0n) is 11.4. The molecule has 0 amide bonds. The number of fused-ring (bicyclic) bond motifs is 1. The summed E-state index contributed by atoms with van der Waals surface area (Å²) in [6.45, 7) is 0. The van der Waals surface area contributed by atoms with Crippen molar-refractivity contribution in [1.82, 2.24) is 29.8 Å². The van der Waals surface area contributed by atoms with E-state index >= 15 is 0 Å². The summed E-state index contributed by atoms with van der Waals surface area (Å²) >= 11 is 1.48. The molecule has 4 aromatic heterocycles. The van der Waals surface area contributed by atoms with Crippen LogP contribution in [0, 0.1) is 0 Å². The largest absolute Gasteiger partial charge is 0.264 e. The summed E-state index contributed by atoms with van der Waals surface area (Å²) in [7, 11) is 0. The van der Waals surface area contributed by atoms with Gasteiger partial charge in [-0.2, -0.15) is 9.61 Å². The van der Waals surface area contributed by atoms with Crippen LogP contribution in [0.1, 0.15) is 10.6 Å². The monoisotopic (exact) mass is 306 g/mol. The third kappa shape index (κ3) is 2.38. The maximum Gasteiger partial charge on any atom is 0.235 e. The Morgan fingerprint density at radius 1 is 0.955 bits per heavy atom. The fraction of sp³-hybridized carbons (Fsp3) is 0. The van der Waals surface area contributed by atoms with E-state index in [-0.39, 0.29) is 0 Å². The van der Waals surface area contributed by atoms with Crippen LogP contribution in [0.5, 0.6) is 0 Å². The van der Waals surface area contributed by atoms with E-state index in [1.807, 2.05) is 36.4 Å². The normalized spacial score (nSPS) is 11.5. The Hall–Kier alpha value is -2.93. The molecule has 0 saturated heterocycles. The van der Waals surface area contributed by atoms with E-state index in [9.17, 15) is 0 Å². The highest BCUT2D eigenvalue weighted by Gasteiger charge is 2.12. The highest BCUT2D eigenvalue weighted by Crippen LogP contribution is 2.21. The molecule has 106 valence electrons. The second-order valence-electron chi connectivity index (χ2n) is 4.52. The fourth-order valence-electron chi connectivity index (χ4n) is 2.02. The number of hydrogen-bond acceptors (Lipinski definition) is 6. The third-order valence-corrected chi connectivity index (χ3v) is 3.89. The molecule has 0 unspecified atom stereocenters. The predicted molar refractivity (Wildman–Crippen MR) is 85.1 cm³/mol. The molecule has 0 aliphatic heterocycles. The van der Waals surface area contributed by atoms with E-state index in [1.54, 1.807) is 29.3 Å². The maximum atomic E-state index is 4.54. The molecular weight excluding hydrogens is 296 g/mol. The summed E-state index contributed by atoms with van der Waals surface area (Å²) in [4.78, 5) is 8.94. The van der Waals surface area contributed by atoms with Crippen molar-refractivity contribution in [3.05, 3.63) is 59.6 Å². The second kappa shape index (κ2) is 5.45. The number of hydrogen-bond donors (Lipinski definition) is 0. The molecule has 0 aliphatic rings. The molecule has 22 heavy (non-hydrogen) atoms. The van der Waals surface area contributed by atoms with Crippen LogP contribution in [0.4, 0.5) is 0 Å². The first kappa shape index (κ1) is 12.8. The van der Waals surface area contributed by atoms with Gasteiger partial charge in [0.05, 0.1) is 0 Å². The average molecular weight is 306 g/mol. The Morgan fingerprint density at radius 2 is 1.82 bits per heavy atom. The van der Waals surface area contributed by atoms with Crippen molar-refractivity contribution < 1.29 is 0 Å². The Morgan fingerprint density at radius 3 is 2.59 bits per heavy atom. The summed E-state index contributed by atoms with van der Waals surface area (Å²) in [5.74, 6) is 0.695. The zero-order valence-corrected chi connectivity index (χ0v) is 12.2. The molecular formula is C15H10N6S. The van der Waals surface area contributed by atoms with Crippen LogP contribution in [-0.4, -0.2) is 29.8 Å². The van der Waals surface area contributed by atoms with E-state index in [2.05, 4.69) is 25.3 Å². The van der Waals surface area contributed by atoms with Crippen molar-refractivity contribution >= 4 is 28.4 Å². The Labute approximate surface area is 129 Å². The van der Waals surface area contributed by atoms with E-state index in [4.69, 9.17) is 0 Å². The molecule has 0 aromatic carbocycles. The first-order valence-electron chi connectivity index (χ1n) is 6.61. The molecule has 0 N–H and O–H groups in total. The van der Waals surface area contributed by atoms with Crippen molar-refractivity contribution in [2.75, 3.05) is 0 Å². The fourth-order valence-corrected chi connectivity index (χ4v) is 2.76. The molecule has 0 saturated carbocycles. The minimum Gasteiger partial charge on any atom is -0.264 e. The van der Waals surface area contributed by atoms with Crippen LogP contribution in [0.2, 0.25) is 0 Å². The molecule has 0 radical (unpaired) electrons. The van der Waals surface area contributed by atoms with Gasteiger partial charge in [0, 0.05) is 30.4 Å².